The molecule has 0 aliphatic rings. The van der Waals surface area contributed by atoms with Gasteiger partial charge in [0.15, 0.2) is 5.76 Å². The number of carbonyl (C=O) groups is 2. The standard InChI is InChI=1S/C15H14N4O4S/c1-8-10(6-12(24-8)14-17-9(2)23-19-14)18-13(20)7-16-15(21)11-4-3-5-22-11/h3-6H,7H2,1-2H3,(H,16,21)(H,18,20). The highest BCUT2D eigenvalue weighted by molar-refractivity contribution is 7.16. The van der Waals surface area contributed by atoms with Crippen molar-refractivity contribution in [3.63, 3.8) is 0 Å². The molecule has 3 aromatic heterocycles. The zero-order chi connectivity index (χ0) is 17.1. The molecule has 8 nitrogen and oxygen atoms in total. The Morgan fingerprint density at radius 2 is 2.17 bits per heavy atom. The molecular weight excluding hydrogens is 332 g/mol. The summed E-state index contributed by atoms with van der Waals surface area (Å²) in [4.78, 5) is 29.5. The molecule has 3 aromatic rings. The molecule has 3 rings (SSSR count). The lowest BCUT2D eigenvalue weighted by Gasteiger charge is -2.05. The van der Waals surface area contributed by atoms with Crippen LogP contribution in [0.1, 0.15) is 21.3 Å². The molecule has 0 fully saturated rings. The molecule has 0 atom stereocenters. The topological polar surface area (TPSA) is 110 Å². The molecule has 0 bridgehead atoms. The molecule has 0 saturated carbocycles. The Bertz CT molecular complexity index is 866. The Kier molecular flexibility index (Phi) is 4.43. The van der Waals surface area contributed by atoms with Gasteiger partial charge in [-0.3, -0.25) is 9.59 Å². The van der Waals surface area contributed by atoms with E-state index in [2.05, 4.69) is 20.8 Å². The number of rotatable bonds is 5. The third kappa shape index (κ3) is 3.51. The summed E-state index contributed by atoms with van der Waals surface area (Å²) >= 11 is 1.44. The quantitative estimate of drug-likeness (QED) is 0.734. The average Bonchev–Trinajstić information content (AvgIpc) is 3.27. The van der Waals surface area contributed by atoms with Gasteiger partial charge in [-0.2, -0.15) is 4.98 Å². The highest BCUT2D eigenvalue weighted by atomic mass is 32.1. The summed E-state index contributed by atoms with van der Waals surface area (Å²) in [5, 5.41) is 9.08. The van der Waals surface area contributed by atoms with Crippen LogP contribution in [0.2, 0.25) is 0 Å². The predicted octanol–water partition coefficient (Wildman–Crippen LogP) is 2.38. The van der Waals surface area contributed by atoms with Gasteiger partial charge >= 0.3 is 0 Å². The van der Waals surface area contributed by atoms with Gasteiger partial charge in [0.25, 0.3) is 5.91 Å². The number of thiophene rings is 1. The van der Waals surface area contributed by atoms with Crippen molar-refractivity contribution in [1.29, 1.82) is 0 Å². The summed E-state index contributed by atoms with van der Waals surface area (Å²) in [5.41, 5.74) is 0.648. The third-order valence-corrected chi connectivity index (χ3v) is 4.14. The lowest BCUT2D eigenvalue weighted by Crippen LogP contribution is -2.32. The fourth-order valence-corrected chi connectivity index (χ4v) is 2.87. The summed E-state index contributed by atoms with van der Waals surface area (Å²) in [6.07, 6.45) is 1.39. The van der Waals surface area contributed by atoms with Crippen LogP contribution in [0.3, 0.4) is 0 Å². The first-order valence-electron chi connectivity index (χ1n) is 7.05. The summed E-state index contributed by atoms with van der Waals surface area (Å²) in [6, 6.07) is 4.90. The number of anilines is 1. The summed E-state index contributed by atoms with van der Waals surface area (Å²) in [6.45, 7) is 3.42. The molecule has 24 heavy (non-hydrogen) atoms. The maximum atomic E-state index is 12.0. The number of aryl methyl sites for hydroxylation is 2. The number of furan rings is 1. The van der Waals surface area contributed by atoms with Gasteiger partial charge in [-0.15, -0.1) is 11.3 Å². The second kappa shape index (κ2) is 6.67. The molecule has 124 valence electrons. The SMILES string of the molecule is Cc1nc(-c2cc(NC(=O)CNC(=O)c3ccco3)c(C)s2)no1. The van der Waals surface area contributed by atoms with Gasteiger partial charge in [0, 0.05) is 11.8 Å². The fourth-order valence-electron chi connectivity index (χ4n) is 1.97. The number of amides is 2. The van der Waals surface area contributed by atoms with Crippen molar-refractivity contribution < 1.29 is 18.5 Å². The molecule has 2 amide bonds. The highest BCUT2D eigenvalue weighted by Crippen LogP contribution is 2.32. The highest BCUT2D eigenvalue weighted by Gasteiger charge is 2.15. The van der Waals surface area contributed by atoms with E-state index in [0.717, 1.165) is 9.75 Å². The second-order valence-electron chi connectivity index (χ2n) is 4.93. The molecule has 0 saturated heterocycles. The second-order valence-corrected chi connectivity index (χ2v) is 6.18. The first kappa shape index (κ1) is 15.9. The molecule has 0 aliphatic heterocycles. The maximum absolute atomic E-state index is 12.0. The number of hydrogen-bond acceptors (Lipinski definition) is 7. The van der Waals surface area contributed by atoms with Crippen molar-refractivity contribution in [2.75, 3.05) is 11.9 Å². The molecule has 0 aromatic carbocycles. The normalized spacial score (nSPS) is 10.6. The maximum Gasteiger partial charge on any atom is 0.287 e. The van der Waals surface area contributed by atoms with Crippen LogP contribution in [0.4, 0.5) is 5.69 Å². The van der Waals surface area contributed by atoms with E-state index in [4.69, 9.17) is 8.94 Å². The summed E-state index contributed by atoms with van der Waals surface area (Å²) in [5.74, 6) is 0.325. The first-order chi connectivity index (χ1) is 11.5. The molecule has 0 aliphatic carbocycles. The van der Waals surface area contributed by atoms with Crippen LogP contribution in [0.25, 0.3) is 10.7 Å². The van der Waals surface area contributed by atoms with E-state index in [-0.39, 0.29) is 18.2 Å². The Morgan fingerprint density at radius 1 is 1.33 bits per heavy atom. The lowest BCUT2D eigenvalue weighted by atomic mass is 10.3. The van der Waals surface area contributed by atoms with Crippen LogP contribution >= 0.6 is 11.3 Å². The number of nitrogens with zero attached hydrogens (tertiary/aromatic N) is 2. The number of carbonyl (C=O) groups excluding carboxylic acids is 2. The number of nitrogens with one attached hydrogen (secondary N) is 2. The largest absolute Gasteiger partial charge is 0.459 e. The zero-order valence-corrected chi connectivity index (χ0v) is 13.8. The van der Waals surface area contributed by atoms with E-state index in [1.807, 2.05) is 6.92 Å². The molecule has 0 unspecified atom stereocenters. The van der Waals surface area contributed by atoms with Crippen molar-refractivity contribution >= 4 is 28.8 Å². The Balaban J connectivity index is 1.60. The van der Waals surface area contributed by atoms with Crippen LogP contribution < -0.4 is 10.6 Å². The minimum absolute atomic E-state index is 0.157. The number of aromatic nitrogens is 2. The monoisotopic (exact) mass is 346 g/mol. The van der Waals surface area contributed by atoms with Crippen LogP contribution in [0.15, 0.2) is 33.4 Å². The molecule has 0 radical (unpaired) electrons. The fraction of sp³-hybridized carbons (Fsp3) is 0.200. The van der Waals surface area contributed by atoms with Gasteiger partial charge in [0.1, 0.15) is 0 Å². The van der Waals surface area contributed by atoms with E-state index >= 15 is 0 Å². The van der Waals surface area contributed by atoms with Gasteiger partial charge in [0.2, 0.25) is 17.6 Å². The molecule has 0 spiro atoms. The van der Waals surface area contributed by atoms with Crippen molar-refractivity contribution in [3.05, 3.63) is 41.0 Å². The lowest BCUT2D eigenvalue weighted by molar-refractivity contribution is -0.115. The summed E-state index contributed by atoms with van der Waals surface area (Å²) in [7, 11) is 0. The molecule has 3 heterocycles. The summed E-state index contributed by atoms with van der Waals surface area (Å²) < 4.78 is 9.91. The van der Waals surface area contributed by atoms with Crippen molar-refractivity contribution in [1.82, 2.24) is 15.5 Å². The molecule has 9 heteroatoms. The van der Waals surface area contributed by atoms with E-state index in [0.29, 0.717) is 17.4 Å². The van der Waals surface area contributed by atoms with E-state index in [9.17, 15) is 9.59 Å². The van der Waals surface area contributed by atoms with Crippen LogP contribution in [-0.2, 0) is 4.79 Å². The smallest absolute Gasteiger partial charge is 0.287 e. The van der Waals surface area contributed by atoms with E-state index in [1.165, 1.54) is 23.7 Å². The Morgan fingerprint density at radius 3 is 2.83 bits per heavy atom. The van der Waals surface area contributed by atoms with Crippen molar-refractivity contribution in [2.24, 2.45) is 0 Å². The predicted molar refractivity (Wildman–Crippen MR) is 86.8 cm³/mol. The van der Waals surface area contributed by atoms with Gasteiger partial charge in [-0.25, -0.2) is 0 Å². The zero-order valence-electron chi connectivity index (χ0n) is 13.0. The molecule has 2 N–H and O–H groups in total. The van der Waals surface area contributed by atoms with Gasteiger partial charge < -0.3 is 19.6 Å². The number of hydrogen-bond donors (Lipinski definition) is 2. The minimum Gasteiger partial charge on any atom is -0.459 e. The van der Waals surface area contributed by atoms with Crippen LogP contribution in [0.5, 0.6) is 0 Å². The first-order valence-corrected chi connectivity index (χ1v) is 7.87. The minimum atomic E-state index is -0.444. The third-order valence-electron chi connectivity index (χ3n) is 3.09. The van der Waals surface area contributed by atoms with Crippen molar-refractivity contribution in [2.45, 2.75) is 13.8 Å². The van der Waals surface area contributed by atoms with Gasteiger partial charge in [-0.1, -0.05) is 5.16 Å². The van der Waals surface area contributed by atoms with E-state index in [1.54, 1.807) is 19.1 Å². The van der Waals surface area contributed by atoms with Crippen molar-refractivity contribution in [3.8, 4) is 10.7 Å². The Labute approximate surface area is 140 Å². The van der Waals surface area contributed by atoms with Gasteiger partial charge in [-0.05, 0) is 25.1 Å². The van der Waals surface area contributed by atoms with E-state index < -0.39 is 5.91 Å². The van der Waals surface area contributed by atoms with Gasteiger partial charge in [0.05, 0.1) is 23.4 Å². The van der Waals surface area contributed by atoms with Crippen LogP contribution in [0, 0.1) is 13.8 Å². The Hall–Kier alpha value is -2.94. The molecular formula is C15H14N4O4S. The van der Waals surface area contributed by atoms with Crippen LogP contribution in [-0.4, -0.2) is 28.5 Å². The average molecular weight is 346 g/mol.